The van der Waals surface area contributed by atoms with Crippen LogP contribution in [0.3, 0.4) is 0 Å². The van der Waals surface area contributed by atoms with Gasteiger partial charge in [-0.05, 0) is 32.5 Å². The van der Waals surface area contributed by atoms with Crippen molar-refractivity contribution in [3.8, 4) is 0 Å². The number of nitrogens with one attached hydrogen (secondary N) is 1. The molecular formula is C9H20N2. The Morgan fingerprint density at radius 2 is 2.27 bits per heavy atom. The molecule has 2 atom stereocenters. The molecule has 0 saturated carbocycles. The minimum Gasteiger partial charge on any atom is -0.315 e. The van der Waals surface area contributed by atoms with Crippen molar-refractivity contribution in [3.63, 3.8) is 0 Å². The highest BCUT2D eigenvalue weighted by molar-refractivity contribution is 4.81. The van der Waals surface area contributed by atoms with Crippen LogP contribution in [0.5, 0.6) is 0 Å². The van der Waals surface area contributed by atoms with E-state index in [4.69, 9.17) is 0 Å². The van der Waals surface area contributed by atoms with Gasteiger partial charge in [-0.2, -0.15) is 0 Å². The molecule has 0 aliphatic carbocycles. The van der Waals surface area contributed by atoms with E-state index >= 15 is 0 Å². The first-order valence-corrected chi connectivity index (χ1v) is 4.67. The van der Waals surface area contributed by atoms with E-state index in [9.17, 15) is 0 Å². The van der Waals surface area contributed by atoms with Crippen LogP contribution >= 0.6 is 0 Å². The maximum absolute atomic E-state index is 3.38. The molecule has 1 saturated heterocycles. The lowest BCUT2D eigenvalue weighted by Gasteiger charge is -2.36. The van der Waals surface area contributed by atoms with E-state index in [1.54, 1.807) is 0 Å². The van der Waals surface area contributed by atoms with Gasteiger partial charge >= 0.3 is 0 Å². The molecule has 0 radical (unpaired) electrons. The molecule has 0 spiro atoms. The minimum absolute atomic E-state index is 0.712. The molecule has 0 unspecified atom stereocenters. The number of likely N-dealkylation sites (N-methyl/N-ethyl adjacent to an activating group) is 2. The van der Waals surface area contributed by atoms with Crippen LogP contribution in [0.4, 0.5) is 0 Å². The predicted octanol–water partition coefficient (Wildman–Crippen LogP) is 0.936. The lowest BCUT2D eigenvalue weighted by molar-refractivity contribution is 0.160. The molecule has 0 aromatic heterocycles. The van der Waals surface area contributed by atoms with Gasteiger partial charge in [-0.15, -0.1) is 0 Å². The lowest BCUT2D eigenvalue weighted by atomic mass is 9.94. The van der Waals surface area contributed by atoms with Crippen LogP contribution in [0.15, 0.2) is 0 Å². The summed E-state index contributed by atoms with van der Waals surface area (Å²) in [6, 6.07) is 0.712. The zero-order valence-electron chi connectivity index (χ0n) is 7.93. The highest BCUT2D eigenvalue weighted by Gasteiger charge is 2.23. The van der Waals surface area contributed by atoms with Crippen molar-refractivity contribution < 1.29 is 0 Å². The number of hydrogen-bond donors (Lipinski definition) is 1. The first kappa shape index (κ1) is 9.01. The molecule has 1 heterocycles. The third-order valence-electron chi connectivity index (χ3n) is 2.86. The Hall–Kier alpha value is -0.0800. The molecule has 1 rings (SSSR count). The van der Waals surface area contributed by atoms with E-state index < -0.39 is 0 Å². The highest BCUT2D eigenvalue weighted by atomic mass is 15.2. The van der Waals surface area contributed by atoms with Crippen molar-refractivity contribution >= 4 is 0 Å². The fourth-order valence-corrected chi connectivity index (χ4v) is 1.80. The molecule has 1 aliphatic heterocycles. The zero-order valence-corrected chi connectivity index (χ0v) is 7.93. The van der Waals surface area contributed by atoms with E-state index in [0.29, 0.717) is 6.04 Å². The van der Waals surface area contributed by atoms with Crippen LogP contribution in [-0.2, 0) is 0 Å². The van der Waals surface area contributed by atoms with E-state index in [1.807, 2.05) is 0 Å². The molecule has 2 heteroatoms. The van der Waals surface area contributed by atoms with Crippen LogP contribution in [0, 0.1) is 5.92 Å². The molecular weight excluding hydrogens is 136 g/mol. The van der Waals surface area contributed by atoms with Crippen molar-refractivity contribution in [2.75, 3.05) is 26.7 Å². The number of rotatable bonds is 2. The maximum atomic E-state index is 3.38. The topological polar surface area (TPSA) is 15.3 Å². The van der Waals surface area contributed by atoms with E-state index in [-0.39, 0.29) is 0 Å². The fourth-order valence-electron chi connectivity index (χ4n) is 1.80. The Morgan fingerprint density at radius 3 is 2.82 bits per heavy atom. The third kappa shape index (κ3) is 2.17. The molecule has 1 aliphatic rings. The van der Waals surface area contributed by atoms with Gasteiger partial charge in [0.2, 0.25) is 0 Å². The number of nitrogens with zero attached hydrogens (tertiary/aromatic N) is 1. The summed E-state index contributed by atoms with van der Waals surface area (Å²) in [7, 11) is 2.07. The van der Waals surface area contributed by atoms with E-state index in [0.717, 1.165) is 5.92 Å². The molecule has 1 N–H and O–H groups in total. The van der Waals surface area contributed by atoms with Crippen molar-refractivity contribution in [2.24, 2.45) is 5.92 Å². The summed E-state index contributed by atoms with van der Waals surface area (Å²) in [5.41, 5.74) is 0. The Bertz CT molecular complexity index is 114. The van der Waals surface area contributed by atoms with Crippen LogP contribution in [0.1, 0.15) is 20.3 Å². The average Bonchev–Trinajstić information content (AvgIpc) is 2.05. The van der Waals surface area contributed by atoms with Crippen molar-refractivity contribution in [3.05, 3.63) is 0 Å². The summed E-state index contributed by atoms with van der Waals surface area (Å²) >= 11 is 0. The summed E-state index contributed by atoms with van der Waals surface area (Å²) in [4.78, 5) is 2.52. The third-order valence-corrected chi connectivity index (χ3v) is 2.86. The summed E-state index contributed by atoms with van der Waals surface area (Å²) < 4.78 is 0. The van der Waals surface area contributed by atoms with Gasteiger partial charge in [-0.3, -0.25) is 0 Å². The summed E-state index contributed by atoms with van der Waals surface area (Å²) in [5, 5.41) is 3.38. The highest BCUT2D eigenvalue weighted by Crippen LogP contribution is 2.15. The first-order valence-electron chi connectivity index (χ1n) is 4.67. The van der Waals surface area contributed by atoms with Crippen molar-refractivity contribution in [2.45, 2.75) is 26.3 Å². The quantitative estimate of drug-likeness (QED) is 0.640. The van der Waals surface area contributed by atoms with Gasteiger partial charge in [0.15, 0.2) is 0 Å². The predicted molar refractivity (Wildman–Crippen MR) is 48.7 cm³/mol. The molecule has 11 heavy (non-hydrogen) atoms. The summed E-state index contributed by atoms with van der Waals surface area (Å²) in [5.74, 6) is 0.850. The second-order valence-corrected chi connectivity index (χ2v) is 3.55. The standard InChI is InChI=1S/C9H20N2/c1-4-11-6-5-8(2)9(7-11)10-3/h8-10H,4-7H2,1-3H3/t8-,9+/m1/s1. The molecule has 1 fully saturated rings. The second kappa shape index (κ2) is 4.07. The monoisotopic (exact) mass is 156 g/mol. The van der Waals surface area contributed by atoms with Gasteiger partial charge in [0.1, 0.15) is 0 Å². The fraction of sp³-hybridized carbons (Fsp3) is 1.00. The van der Waals surface area contributed by atoms with Crippen LogP contribution < -0.4 is 5.32 Å². The van der Waals surface area contributed by atoms with E-state index in [1.165, 1.54) is 26.1 Å². The molecule has 0 amide bonds. The Labute approximate surface area is 70.0 Å². The average molecular weight is 156 g/mol. The SMILES string of the molecule is CCN1CC[C@@H](C)[C@@H](NC)C1. The first-order chi connectivity index (χ1) is 5.27. The minimum atomic E-state index is 0.712. The Morgan fingerprint density at radius 1 is 1.55 bits per heavy atom. The lowest BCUT2D eigenvalue weighted by Crippen LogP contribution is -2.48. The molecule has 66 valence electrons. The molecule has 0 bridgehead atoms. The zero-order chi connectivity index (χ0) is 8.27. The molecule has 2 nitrogen and oxygen atoms in total. The van der Waals surface area contributed by atoms with Crippen LogP contribution in [-0.4, -0.2) is 37.6 Å². The smallest absolute Gasteiger partial charge is 0.0218 e. The second-order valence-electron chi connectivity index (χ2n) is 3.55. The molecule has 0 aromatic carbocycles. The summed E-state index contributed by atoms with van der Waals surface area (Å²) in [6.07, 6.45) is 1.35. The Kier molecular flexibility index (Phi) is 3.34. The van der Waals surface area contributed by atoms with Gasteiger partial charge in [0.05, 0.1) is 0 Å². The van der Waals surface area contributed by atoms with Crippen LogP contribution in [0.2, 0.25) is 0 Å². The molecule has 0 aromatic rings. The number of hydrogen-bond acceptors (Lipinski definition) is 2. The largest absolute Gasteiger partial charge is 0.315 e. The Balaban J connectivity index is 2.37. The normalized spacial score (nSPS) is 34.1. The van der Waals surface area contributed by atoms with Gasteiger partial charge < -0.3 is 10.2 Å². The van der Waals surface area contributed by atoms with Crippen LogP contribution in [0.25, 0.3) is 0 Å². The maximum Gasteiger partial charge on any atom is 0.0218 e. The number of piperidine rings is 1. The van der Waals surface area contributed by atoms with Gasteiger partial charge in [0, 0.05) is 12.6 Å². The van der Waals surface area contributed by atoms with Crippen molar-refractivity contribution in [1.29, 1.82) is 0 Å². The van der Waals surface area contributed by atoms with Gasteiger partial charge in [-0.1, -0.05) is 13.8 Å². The van der Waals surface area contributed by atoms with Gasteiger partial charge in [0.25, 0.3) is 0 Å². The van der Waals surface area contributed by atoms with E-state index in [2.05, 4.69) is 31.1 Å². The van der Waals surface area contributed by atoms with Crippen molar-refractivity contribution in [1.82, 2.24) is 10.2 Å². The summed E-state index contributed by atoms with van der Waals surface area (Å²) in [6.45, 7) is 8.30. The number of likely N-dealkylation sites (tertiary alicyclic amines) is 1. The van der Waals surface area contributed by atoms with Gasteiger partial charge in [-0.25, -0.2) is 0 Å².